The summed E-state index contributed by atoms with van der Waals surface area (Å²) in [6, 6.07) is -1.29. The highest BCUT2D eigenvalue weighted by Crippen LogP contribution is 2.01. The van der Waals surface area contributed by atoms with Crippen molar-refractivity contribution < 1.29 is 13.6 Å². The van der Waals surface area contributed by atoms with Gasteiger partial charge in [-0.2, -0.15) is 0 Å². The van der Waals surface area contributed by atoms with E-state index in [1.54, 1.807) is 0 Å². The zero-order valence-corrected chi connectivity index (χ0v) is 5.10. The summed E-state index contributed by atoms with van der Waals surface area (Å²) in [5.41, 5.74) is 4.85. The van der Waals surface area contributed by atoms with Crippen LogP contribution >= 0.6 is 0 Å². The first-order chi connectivity index (χ1) is 4.04. The quantitative estimate of drug-likeness (QED) is 0.617. The number of halogens is 2. The van der Waals surface area contributed by atoms with Crippen LogP contribution < -0.4 is 5.73 Å². The summed E-state index contributed by atoms with van der Waals surface area (Å²) >= 11 is 0. The van der Waals surface area contributed by atoms with E-state index in [1.165, 1.54) is 6.92 Å². The number of rotatable bonds is 3. The molecule has 0 aliphatic rings. The molecule has 0 spiro atoms. The highest BCUT2D eigenvalue weighted by Gasteiger charge is 2.16. The molecule has 0 heterocycles. The van der Waals surface area contributed by atoms with Crippen LogP contribution in [0, 0.1) is 0 Å². The molecule has 0 bridgehead atoms. The average molecular weight is 137 g/mol. The highest BCUT2D eigenvalue weighted by atomic mass is 19.3. The van der Waals surface area contributed by atoms with Crippen molar-refractivity contribution >= 4 is 5.78 Å². The molecule has 1 unspecified atom stereocenters. The van der Waals surface area contributed by atoms with Gasteiger partial charge in [-0.25, -0.2) is 8.78 Å². The predicted octanol–water partition coefficient (Wildman–Crippen LogP) is 0.558. The molecule has 0 rings (SSSR count). The van der Waals surface area contributed by atoms with E-state index in [1.807, 2.05) is 0 Å². The van der Waals surface area contributed by atoms with Crippen LogP contribution in [0.2, 0.25) is 0 Å². The van der Waals surface area contributed by atoms with Gasteiger partial charge in [-0.15, -0.1) is 0 Å². The number of carbonyl (C=O) groups is 1. The molecule has 0 saturated carbocycles. The minimum absolute atomic E-state index is 0.238. The predicted molar refractivity (Wildman–Crippen MR) is 29.3 cm³/mol. The van der Waals surface area contributed by atoms with E-state index in [0.717, 1.165) is 0 Å². The van der Waals surface area contributed by atoms with Gasteiger partial charge in [-0.1, -0.05) is 0 Å². The van der Waals surface area contributed by atoms with Crippen LogP contribution in [0.25, 0.3) is 0 Å². The molecular formula is C5H9F2NO. The number of ketones is 1. The summed E-state index contributed by atoms with van der Waals surface area (Å²) in [6.45, 7) is 1.24. The summed E-state index contributed by atoms with van der Waals surface area (Å²) in [5.74, 6) is -0.303. The second-order valence-corrected chi connectivity index (χ2v) is 1.90. The van der Waals surface area contributed by atoms with Crippen LogP contribution in [0.15, 0.2) is 0 Å². The number of nitrogens with two attached hydrogens (primary N) is 1. The molecule has 0 aliphatic carbocycles. The van der Waals surface area contributed by atoms with Gasteiger partial charge in [0.1, 0.15) is 5.78 Å². The Morgan fingerprint density at radius 3 is 2.22 bits per heavy atom. The fourth-order valence-corrected chi connectivity index (χ4v) is 0.421. The topological polar surface area (TPSA) is 43.1 Å². The van der Waals surface area contributed by atoms with Gasteiger partial charge in [0, 0.05) is 6.42 Å². The maximum Gasteiger partial charge on any atom is 0.253 e. The molecule has 4 heteroatoms. The second-order valence-electron chi connectivity index (χ2n) is 1.90. The van der Waals surface area contributed by atoms with E-state index in [4.69, 9.17) is 5.73 Å². The molecule has 0 radical (unpaired) electrons. The Balaban J connectivity index is 3.50. The van der Waals surface area contributed by atoms with Crippen LogP contribution in [0.3, 0.4) is 0 Å². The molecule has 0 aliphatic heterocycles. The van der Waals surface area contributed by atoms with E-state index in [-0.39, 0.29) is 12.2 Å². The normalized spacial score (nSPS) is 13.9. The van der Waals surface area contributed by atoms with Crippen molar-refractivity contribution in [2.45, 2.75) is 25.8 Å². The third-order valence-corrected chi connectivity index (χ3v) is 0.847. The number of hydrogen-bond acceptors (Lipinski definition) is 2. The first kappa shape index (κ1) is 8.49. The molecule has 0 aromatic carbocycles. The third kappa shape index (κ3) is 4.02. The van der Waals surface area contributed by atoms with Crippen molar-refractivity contribution in [3.8, 4) is 0 Å². The molecule has 0 fully saturated rings. The number of carbonyl (C=O) groups excluding carboxylic acids is 1. The molecule has 2 N–H and O–H groups in total. The second kappa shape index (κ2) is 3.50. The Bertz CT molecular complexity index is 105. The van der Waals surface area contributed by atoms with Gasteiger partial charge in [0.25, 0.3) is 6.43 Å². The van der Waals surface area contributed by atoms with E-state index < -0.39 is 12.5 Å². The van der Waals surface area contributed by atoms with E-state index in [9.17, 15) is 13.6 Å². The summed E-state index contributed by atoms with van der Waals surface area (Å²) in [5, 5.41) is 0. The number of hydrogen-bond donors (Lipinski definition) is 1. The molecule has 54 valence electrons. The Kier molecular flexibility index (Phi) is 3.30. The summed E-state index contributed by atoms with van der Waals surface area (Å²) in [4.78, 5) is 10.1. The molecular weight excluding hydrogens is 128 g/mol. The molecule has 0 saturated heterocycles. The van der Waals surface area contributed by atoms with Crippen LogP contribution in [-0.4, -0.2) is 18.3 Å². The van der Waals surface area contributed by atoms with Gasteiger partial charge in [0.05, 0.1) is 6.04 Å². The first-order valence-electron chi connectivity index (χ1n) is 2.57. The highest BCUT2D eigenvalue weighted by molar-refractivity contribution is 5.76. The molecule has 0 aromatic heterocycles. The van der Waals surface area contributed by atoms with Gasteiger partial charge >= 0.3 is 0 Å². The summed E-state index contributed by atoms with van der Waals surface area (Å²) in [6.07, 6.45) is -2.83. The molecule has 2 nitrogen and oxygen atoms in total. The van der Waals surface area contributed by atoms with Crippen molar-refractivity contribution in [2.24, 2.45) is 5.73 Å². The number of alkyl halides is 2. The fraction of sp³-hybridized carbons (Fsp3) is 0.800. The Labute approximate surface area is 52.0 Å². The summed E-state index contributed by atoms with van der Waals surface area (Å²) < 4.78 is 23.0. The van der Waals surface area contributed by atoms with Gasteiger partial charge in [0.15, 0.2) is 0 Å². The van der Waals surface area contributed by atoms with E-state index in [2.05, 4.69) is 0 Å². The lowest BCUT2D eigenvalue weighted by Gasteiger charge is -2.05. The minimum Gasteiger partial charge on any atom is -0.323 e. The first-order valence-corrected chi connectivity index (χ1v) is 2.57. The lowest BCUT2D eigenvalue weighted by atomic mass is 10.2. The maximum atomic E-state index is 11.5. The molecule has 0 amide bonds. The lowest BCUT2D eigenvalue weighted by Crippen LogP contribution is -2.30. The zero-order chi connectivity index (χ0) is 7.44. The fourth-order valence-electron chi connectivity index (χ4n) is 0.421. The molecule has 9 heavy (non-hydrogen) atoms. The average Bonchev–Trinajstić information content (AvgIpc) is 1.63. The summed E-state index contributed by atoms with van der Waals surface area (Å²) in [7, 11) is 0. The van der Waals surface area contributed by atoms with Crippen molar-refractivity contribution in [3.63, 3.8) is 0 Å². The van der Waals surface area contributed by atoms with Crippen molar-refractivity contribution in [1.82, 2.24) is 0 Å². The maximum absolute atomic E-state index is 11.5. The van der Waals surface area contributed by atoms with Gasteiger partial charge in [-0.05, 0) is 6.92 Å². The Morgan fingerprint density at radius 1 is 1.67 bits per heavy atom. The zero-order valence-electron chi connectivity index (χ0n) is 5.10. The Morgan fingerprint density at radius 2 is 2.11 bits per heavy atom. The Hall–Kier alpha value is -0.510. The van der Waals surface area contributed by atoms with Gasteiger partial charge in [0.2, 0.25) is 0 Å². The lowest BCUT2D eigenvalue weighted by molar-refractivity contribution is -0.118. The SMILES string of the molecule is CC(=O)CC(N)C(F)F. The standard InChI is InChI=1S/C5H9F2NO/c1-3(9)2-4(8)5(6)7/h4-5H,2,8H2,1H3. The van der Waals surface area contributed by atoms with Crippen molar-refractivity contribution in [2.75, 3.05) is 0 Å². The molecule has 0 aromatic rings. The van der Waals surface area contributed by atoms with Crippen LogP contribution in [0.5, 0.6) is 0 Å². The van der Waals surface area contributed by atoms with Crippen molar-refractivity contribution in [1.29, 1.82) is 0 Å². The van der Waals surface area contributed by atoms with Crippen LogP contribution in [0.1, 0.15) is 13.3 Å². The largest absolute Gasteiger partial charge is 0.323 e. The van der Waals surface area contributed by atoms with Gasteiger partial charge in [-0.3, -0.25) is 4.79 Å². The monoisotopic (exact) mass is 137 g/mol. The van der Waals surface area contributed by atoms with Gasteiger partial charge < -0.3 is 5.73 Å². The van der Waals surface area contributed by atoms with Crippen molar-refractivity contribution in [3.05, 3.63) is 0 Å². The molecule has 1 atom stereocenters. The van der Waals surface area contributed by atoms with E-state index in [0.29, 0.717) is 0 Å². The third-order valence-electron chi connectivity index (χ3n) is 0.847. The van der Waals surface area contributed by atoms with Crippen LogP contribution in [-0.2, 0) is 4.79 Å². The van der Waals surface area contributed by atoms with E-state index >= 15 is 0 Å². The number of Topliss-reactive ketones (excluding diaryl/α,β-unsaturated/α-hetero) is 1. The minimum atomic E-state index is -2.59. The van der Waals surface area contributed by atoms with Crippen LogP contribution in [0.4, 0.5) is 8.78 Å². The smallest absolute Gasteiger partial charge is 0.253 e.